The lowest BCUT2D eigenvalue weighted by molar-refractivity contribution is -0.119. The van der Waals surface area contributed by atoms with E-state index in [-0.39, 0.29) is 6.61 Å². The standard InChI is InChI=1S/C15H12N2O3S/c16-8-7-11-3-5-12(6-4-11)17-14(18)10-20-15(19)13-2-1-9-21-13/h1-6,9H,7,10H2,(H,17,18). The van der Waals surface area contributed by atoms with Gasteiger partial charge in [0.15, 0.2) is 6.61 Å². The molecule has 1 heterocycles. The molecule has 106 valence electrons. The third-order valence-electron chi connectivity index (χ3n) is 2.58. The normalized spacial score (nSPS) is 9.67. The Hall–Kier alpha value is -2.65. The Balaban J connectivity index is 1.82. The number of nitrogens with one attached hydrogen (secondary N) is 1. The first kappa shape index (κ1) is 14.8. The number of anilines is 1. The van der Waals surface area contributed by atoms with Crippen LogP contribution in [0.3, 0.4) is 0 Å². The van der Waals surface area contributed by atoms with Gasteiger partial charge in [-0.1, -0.05) is 18.2 Å². The summed E-state index contributed by atoms with van der Waals surface area (Å²) in [4.78, 5) is 23.7. The number of hydrogen-bond acceptors (Lipinski definition) is 5. The fourth-order valence-corrected chi connectivity index (χ4v) is 2.21. The van der Waals surface area contributed by atoms with Crippen LogP contribution in [0.2, 0.25) is 0 Å². The van der Waals surface area contributed by atoms with E-state index in [9.17, 15) is 9.59 Å². The maximum atomic E-state index is 11.7. The van der Waals surface area contributed by atoms with Crippen molar-refractivity contribution in [2.24, 2.45) is 0 Å². The summed E-state index contributed by atoms with van der Waals surface area (Å²) in [5.41, 5.74) is 1.47. The molecule has 1 aromatic carbocycles. The minimum atomic E-state index is -0.510. The van der Waals surface area contributed by atoms with Crippen LogP contribution in [0, 0.1) is 11.3 Å². The molecule has 2 rings (SSSR count). The van der Waals surface area contributed by atoms with Crippen LogP contribution in [0.25, 0.3) is 0 Å². The van der Waals surface area contributed by atoms with Crippen molar-refractivity contribution in [2.45, 2.75) is 6.42 Å². The van der Waals surface area contributed by atoms with Crippen molar-refractivity contribution in [3.8, 4) is 6.07 Å². The highest BCUT2D eigenvalue weighted by atomic mass is 32.1. The van der Waals surface area contributed by atoms with E-state index in [1.165, 1.54) is 11.3 Å². The predicted molar refractivity (Wildman–Crippen MR) is 79.0 cm³/mol. The van der Waals surface area contributed by atoms with Crippen molar-refractivity contribution < 1.29 is 14.3 Å². The van der Waals surface area contributed by atoms with Crippen LogP contribution in [0.4, 0.5) is 5.69 Å². The number of carbonyl (C=O) groups is 2. The largest absolute Gasteiger partial charge is 0.451 e. The fraction of sp³-hybridized carbons (Fsp3) is 0.133. The minimum Gasteiger partial charge on any atom is -0.451 e. The summed E-state index contributed by atoms with van der Waals surface area (Å²) in [6.45, 7) is -0.337. The van der Waals surface area contributed by atoms with Crippen molar-refractivity contribution in [1.82, 2.24) is 0 Å². The maximum absolute atomic E-state index is 11.7. The van der Waals surface area contributed by atoms with E-state index in [0.717, 1.165) is 5.56 Å². The summed E-state index contributed by atoms with van der Waals surface area (Å²) in [5.74, 6) is -0.919. The first-order chi connectivity index (χ1) is 10.2. The van der Waals surface area contributed by atoms with E-state index in [1.807, 2.05) is 6.07 Å². The molecule has 1 aromatic heterocycles. The Morgan fingerprint density at radius 1 is 1.24 bits per heavy atom. The van der Waals surface area contributed by atoms with Gasteiger partial charge in [0.2, 0.25) is 0 Å². The second kappa shape index (κ2) is 7.22. The highest BCUT2D eigenvalue weighted by Gasteiger charge is 2.10. The molecule has 0 saturated carbocycles. The molecule has 6 heteroatoms. The number of rotatable bonds is 5. The molecular formula is C15H12N2O3S. The lowest BCUT2D eigenvalue weighted by Gasteiger charge is -2.06. The number of hydrogen-bond donors (Lipinski definition) is 1. The van der Waals surface area contributed by atoms with Gasteiger partial charge in [0.1, 0.15) is 4.88 Å². The molecule has 2 aromatic rings. The Bertz CT molecular complexity index is 657. The van der Waals surface area contributed by atoms with E-state index < -0.39 is 11.9 Å². The van der Waals surface area contributed by atoms with Gasteiger partial charge < -0.3 is 10.1 Å². The van der Waals surface area contributed by atoms with Crippen molar-refractivity contribution in [3.63, 3.8) is 0 Å². The smallest absolute Gasteiger partial charge is 0.348 e. The molecule has 0 fully saturated rings. The monoisotopic (exact) mass is 300 g/mol. The predicted octanol–water partition coefficient (Wildman–Crippen LogP) is 2.61. The van der Waals surface area contributed by atoms with Crippen LogP contribution in [0.1, 0.15) is 15.2 Å². The summed E-state index contributed by atoms with van der Waals surface area (Å²) >= 11 is 1.26. The molecule has 1 amide bonds. The Kier molecular flexibility index (Phi) is 5.07. The van der Waals surface area contributed by atoms with Crippen LogP contribution >= 0.6 is 11.3 Å². The number of nitrogens with zero attached hydrogens (tertiary/aromatic N) is 1. The quantitative estimate of drug-likeness (QED) is 0.861. The molecule has 1 N–H and O–H groups in total. The first-order valence-corrected chi connectivity index (χ1v) is 7.03. The number of ether oxygens (including phenoxy) is 1. The average Bonchev–Trinajstić information content (AvgIpc) is 3.01. The highest BCUT2D eigenvalue weighted by molar-refractivity contribution is 7.11. The van der Waals surface area contributed by atoms with E-state index in [2.05, 4.69) is 5.32 Å². The fourth-order valence-electron chi connectivity index (χ4n) is 1.59. The Morgan fingerprint density at radius 2 is 2.00 bits per heavy atom. The molecule has 0 aliphatic heterocycles. The van der Waals surface area contributed by atoms with Crippen LogP contribution in [-0.4, -0.2) is 18.5 Å². The molecule has 0 unspecified atom stereocenters. The molecule has 5 nitrogen and oxygen atoms in total. The molecule has 0 spiro atoms. The zero-order valence-corrected chi connectivity index (χ0v) is 11.9. The zero-order valence-electron chi connectivity index (χ0n) is 11.0. The molecule has 0 saturated heterocycles. The molecule has 0 atom stereocenters. The number of amides is 1. The average molecular weight is 300 g/mol. The van der Waals surface area contributed by atoms with Crippen LogP contribution in [0.5, 0.6) is 0 Å². The first-order valence-electron chi connectivity index (χ1n) is 6.15. The van der Waals surface area contributed by atoms with Crippen molar-refractivity contribution in [3.05, 3.63) is 52.2 Å². The molecule has 0 radical (unpaired) electrons. The van der Waals surface area contributed by atoms with E-state index in [1.54, 1.807) is 41.8 Å². The highest BCUT2D eigenvalue weighted by Crippen LogP contribution is 2.11. The summed E-state index contributed by atoms with van der Waals surface area (Å²) in [6, 6.07) is 12.3. The van der Waals surface area contributed by atoms with Gasteiger partial charge >= 0.3 is 5.97 Å². The number of nitriles is 1. The number of benzene rings is 1. The number of carbonyl (C=O) groups excluding carboxylic acids is 2. The van der Waals surface area contributed by atoms with E-state index in [0.29, 0.717) is 17.0 Å². The summed E-state index contributed by atoms with van der Waals surface area (Å²) in [6.07, 6.45) is 0.326. The van der Waals surface area contributed by atoms with Gasteiger partial charge in [-0.25, -0.2) is 4.79 Å². The second-order valence-electron chi connectivity index (χ2n) is 4.13. The molecule has 0 bridgehead atoms. The SMILES string of the molecule is N#CCc1ccc(NC(=O)COC(=O)c2cccs2)cc1. The van der Waals surface area contributed by atoms with Gasteiger partial charge in [-0.15, -0.1) is 11.3 Å². The minimum absolute atomic E-state index is 0.326. The number of thiophene rings is 1. The van der Waals surface area contributed by atoms with Crippen molar-refractivity contribution in [2.75, 3.05) is 11.9 Å². The third-order valence-corrected chi connectivity index (χ3v) is 3.43. The third kappa shape index (κ3) is 4.44. The Morgan fingerprint density at radius 3 is 2.62 bits per heavy atom. The van der Waals surface area contributed by atoms with Crippen molar-refractivity contribution >= 4 is 28.9 Å². The lowest BCUT2D eigenvalue weighted by atomic mass is 10.1. The second-order valence-corrected chi connectivity index (χ2v) is 5.08. The van der Waals surface area contributed by atoms with Gasteiger partial charge in [-0.05, 0) is 29.1 Å². The topological polar surface area (TPSA) is 79.2 Å². The van der Waals surface area contributed by atoms with Gasteiger partial charge in [0, 0.05) is 5.69 Å². The maximum Gasteiger partial charge on any atom is 0.348 e. The van der Waals surface area contributed by atoms with Crippen LogP contribution in [-0.2, 0) is 16.0 Å². The molecule has 0 aliphatic carbocycles. The molecular weight excluding hydrogens is 288 g/mol. The van der Waals surface area contributed by atoms with Gasteiger partial charge in [0.25, 0.3) is 5.91 Å². The van der Waals surface area contributed by atoms with E-state index >= 15 is 0 Å². The zero-order chi connectivity index (χ0) is 15.1. The van der Waals surface area contributed by atoms with Gasteiger partial charge in [-0.2, -0.15) is 5.26 Å². The van der Waals surface area contributed by atoms with Gasteiger partial charge in [-0.3, -0.25) is 4.79 Å². The number of esters is 1. The summed E-state index contributed by atoms with van der Waals surface area (Å²) in [7, 11) is 0. The van der Waals surface area contributed by atoms with Crippen LogP contribution in [0.15, 0.2) is 41.8 Å². The Labute approximate surface area is 125 Å². The summed E-state index contributed by atoms with van der Waals surface area (Å²) in [5, 5.41) is 12.9. The van der Waals surface area contributed by atoms with Gasteiger partial charge in [0.05, 0.1) is 12.5 Å². The molecule has 21 heavy (non-hydrogen) atoms. The van der Waals surface area contributed by atoms with E-state index in [4.69, 9.17) is 10.00 Å². The van der Waals surface area contributed by atoms with Crippen LogP contribution < -0.4 is 5.32 Å². The van der Waals surface area contributed by atoms with Crippen molar-refractivity contribution in [1.29, 1.82) is 5.26 Å². The molecule has 0 aliphatic rings. The summed E-state index contributed by atoms with van der Waals surface area (Å²) < 4.78 is 4.90. The lowest BCUT2D eigenvalue weighted by Crippen LogP contribution is -2.20.